The van der Waals surface area contributed by atoms with Crippen LogP contribution in [0.4, 0.5) is 0 Å². The van der Waals surface area contributed by atoms with Gasteiger partial charge in [0, 0.05) is 4.83 Å². The summed E-state index contributed by atoms with van der Waals surface area (Å²) in [6.45, 7) is 0. The summed E-state index contributed by atoms with van der Waals surface area (Å²) in [6.07, 6.45) is 0.566. The lowest BCUT2D eigenvalue weighted by atomic mass is 10.0. The first-order valence-electron chi connectivity index (χ1n) is 5.78. The molecule has 0 heterocycles. The Kier molecular flexibility index (Phi) is 4.39. The molecule has 2 rings (SSSR count). The van der Waals surface area contributed by atoms with Gasteiger partial charge >= 0.3 is 0 Å². The van der Waals surface area contributed by atoms with Crippen LogP contribution >= 0.6 is 15.9 Å². The highest BCUT2D eigenvalue weighted by atomic mass is 79.9. The maximum atomic E-state index is 11.5. The van der Waals surface area contributed by atoms with E-state index in [1.807, 2.05) is 36.4 Å². The molecular formula is C14H14BrNO2S. The van der Waals surface area contributed by atoms with Crippen LogP contribution in [-0.2, 0) is 16.4 Å². The molecule has 0 saturated heterocycles. The van der Waals surface area contributed by atoms with E-state index >= 15 is 0 Å². The summed E-state index contributed by atoms with van der Waals surface area (Å²) in [6, 6.07) is 16.7. The molecule has 19 heavy (non-hydrogen) atoms. The highest BCUT2D eigenvalue weighted by molar-refractivity contribution is 9.09. The van der Waals surface area contributed by atoms with E-state index in [-0.39, 0.29) is 9.72 Å². The summed E-state index contributed by atoms with van der Waals surface area (Å²) < 4.78 is 23.1. The maximum absolute atomic E-state index is 11.5. The summed E-state index contributed by atoms with van der Waals surface area (Å²) in [5.74, 6) is 0. The quantitative estimate of drug-likeness (QED) is 0.870. The fourth-order valence-corrected chi connectivity index (χ4v) is 3.36. The Morgan fingerprint density at radius 1 is 1.00 bits per heavy atom. The third-order valence-corrected chi connectivity index (χ3v) is 4.70. The monoisotopic (exact) mass is 339 g/mol. The largest absolute Gasteiger partial charge is 0.238 e. The normalized spacial score (nSPS) is 13.2. The summed E-state index contributed by atoms with van der Waals surface area (Å²) in [5.41, 5.74) is 1.82. The molecule has 1 unspecified atom stereocenters. The number of nitrogens with two attached hydrogens (primary N) is 1. The van der Waals surface area contributed by atoms with E-state index < -0.39 is 10.0 Å². The Morgan fingerprint density at radius 2 is 1.58 bits per heavy atom. The molecule has 0 aromatic heterocycles. The third kappa shape index (κ3) is 3.65. The number of hydrogen-bond acceptors (Lipinski definition) is 2. The van der Waals surface area contributed by atoms with Gasteiger partial charge in [-0.2, -0.15) is 0 Å². The van der Waals surface area contributed by atoms with E-state index in [0.29, 0.717) is 6.42 Å². The standard InChI is InChI=1S/C14H14BrNO2S/c15-13(11-6-2-1-3-7-11)10-12-8-4-5-9-14(12)19(16,17)18/h1-9,13H,10H2,(H2,16,17,18). The highest BCUT2D eigenvalue weighted by Crippen LogP contribution is 2.29. The fourth-order valence-electron chi connectivity index (χ4n) is 1.92. The van der Waals surface area contributed by atoms with Gasteiger partial charge in [-0.3, -0.25) is 0 Å². The maximum Gasteiger partial charge on any atom is 0.238 e. The molecule has 0 saturated carbocycles. The SMILES string of the molecule is NS(=O)(=O)c1ccccc1CC(Br)c1ccccc1. The van der Waals surface area contributed by atoms with Gasteiger partial charge in [-0.1, -0.05) is 64.5 Å². The molecule has 0 aliphatic rings. The van der Waals surface area contributed by atoms with Crippen molar-refractivity contribution < 1.29 is 8.42 Å². The van der Waals surface area contributed by atoms with Crippen molar-refractivity contribution >= 4 is 26.0 Å². The molecule has 0 spiro atoms. The number of rotatable bonds is 4. The lowest BCUT2D eigenvalue weighted by Crippen LogP contribution is -2.15. The fraction of sp³-hybridized carbons (Fsp3) is 0.143. The van der Waals surface area contributed by atoms with Crippen LogP contribution in [0.25, 0.3) is 0 Å². The molecule has 0 aliphatic carbocycles. The number of benzene rings is 2. The number of alkyl halides is 1. The second-order valence-electron chi connectivity index (χ2n) is 4.24. The minimum atomic E-state index is -3.68. The van der Waals surface area contributed by atoms with E-state index in [0.717, 1.165) is 11.1 Å². The van der Waals surface area contributed by atoms with Gasteiger partial charge in [0.05, 0.1) is 4.90 Å². The van der Waals surface area contributed by atoms with Gasteiger partial charge < -0.3 is 0 Å². The van der Waals surface area contributed by atoms with E-state index in [1.165, 1.54) is 6.07 Å². The van der Waals surface area contributed by atoms with Gasteiger partial charge in [-0.05, 0) is 23.6 Å². The third-order valence-electron chi connectivity index (χ3n) is 2.84. The second kappa shape index (κ2) is 5.86. The van der Waals surface area contributed by atoms with Crippen LogP contribution in [0.5, 0.6) is 0 Å². The molecule has 0 radical (unpaired) electrons. The van der Waals surface area contributed by atoms with Crippen molar-refractivity contribution in [2.75, 3.05) is 0 Å². The van der Waals surface area contributed by atoms with Gasteiger partial charge in [-0.25, -0.2) is 13.6 Å². The zero-order valence-corrected chi connectivity index (χ0v) is 12.6. The van der Waals surface area contributed by atoms with Crippen LogP contribution in [0.15, 0.2) is 59.5 Å². The topological polar surface area (TPSA) is 60.2 Å². The second-order valence-corrected chi connectivity index (χ2v) is 6.87. The van der Waals surface area contributed by atoms with E-state index in [1.54, 1.807) is 12.1 Å². The average Bonchev–Trinajstić information content (AvgIpc) is 2.39. The van der Waals surface area contributed by atoms with Crippen molar-refractivity contribution in [1.82, 2.24) is 0 Å². The smallest absolute Gasteiger partial charge is 0.225 e. The Hall–Kier alpha value is -1.17. The van der Waals surface area contributed by atoms with Crippen molar-refractivity contribution in [2.24, 2.45) is 5.14 Å². The van der Waals surface area contributed by atoms with E-state index in [9.17, 15) is 8.42 Å². The number of halogens is 1. The van der Waals surface area contributed by atoms with Crippen LogP contribution in [0.1, 0.15) is 16.0 Å². The summed E-state index contributed by atoms with van der Waals surface area (Å²) in [7, 11) is -3.68. The van der Waals surface area contributed by atoms with Gasteiger partial charge in [0.1, 0.15) is 0 Å². The lowest BCUT2D eigenvalue weighted by molar-refractivity contribution is 0.596. The average molecular weight is 340 g/mol. The molecule has 2 aromatic carbocycles. The van der Waals surface area contributed by atoms with Crippen LogP contribution in [-0.4, -0.2) is 8.42 Å². The Bertz CT molecular complexity index is 656. The Labute approximate surface area is 121 Å². The van der Waals surface area contributed by atoms with Crippen LogP contribution in [0.2, 0.25) is 0 Å². The molecule has 2 aromatic rings. The van der Waals surface area contributed by atoms with Crippen molar-refractivity contribution in [2.45, 2.75) is 16.1 Å². The molecular weight excluding hydrogens is 326 g/mol. The molecule has 0 amide bonds. The summed E-state index contributed by atoms with van der Waals surface area (Å²) in [4.78, 5) is 0.243. The number of hydrogen-bond donors (Lipinski definition) is 1. The molecule has 0 aliphatic heterocycles. The van der Waals surface area contributed by atoms with E-state index in [2.05, 4.69) is 15.9 Å². The number of primary sulfonamides is 1. The summed E-state index contributed by atoms with van der Waals surface area (Å²) >= 11 is 3.59. The van der Waals surface area contributed by atoms with Crippen LogP contribution in [0, 0.1) is 0 Å². The first-order chi connectivity index (χ1) is 8.98. The molecule has 100 valence electrons. The first-order valence-corrected chi connectivity index (χ1v) is 8.24. The first kappa shape index (κ1) is 14.2. The van der Waals surface area contributed by atoms with Gasteiger partial charge in [-0.15, -0.1) is 0 Å². The number of sulfonamides is 1. The minimum Gasteiger partial charge on any atom is -0.225 e. The predicted octanol–water partition coefficient (Wildman–Crippen LogP) is 3.01. The lowest BCUT2D eigenvalue weighted by Gasteiger charge is -2.12. The van der Waals surface area contributed by atoms with Crippen LogP contribution in [0.3, 0.4) is 0 Å². The molecule has 2 N–H and O–H groups in total. The molecule has 1 atom stereocenters. The van der Waals surface area contributed by atoms with E-state index in [4.69, 9.17) is 5.14 Å². The van der Waals surface area contributed by atoms with Gasteiger partial charge in [0.15, 0.2) is 0 Å². The Morgan fingerprint density at radius 3 is 2.21 bits per heavy atom. The molecule has 0 bridgehead atoms. The van der Waals surface area contributed by atoms with Crippen LogP contribution < -0.4 is 5.14 Å². The molecule has 3 nitrogen and oxygen atoms in total. The zero-order chi connectivity index (χ0) is 13.9. The van der Waals surface area contributed by atoms with Gasteiger partial charge in [0.25, 0.3) is 0 Å². The summed E-state index contributed by atoms with van der Waals surface area (Å²) in [5, 5.41) is 5.23. The zero-order valence-electron chi connectivity index (χ0n) is 10.2. The Balaban J connectivity index is 2.30. The highest BCUT2D eigenvalue weighted by Gasteiger charge is 2.16. The minimum absolute atomic E-state index is 0.0524. The van der Waals surface area contributed by atoms with Crippen molar-refractivity contribution in [1.29, 1.82) is 0 Å². The van der Waals surface area contributed by atoms with Crippen molar-refractivity contribution in [3.8, 4) is 0 Å². The van der Waals surface area contributed by atoms with Crippen molar-refractivity contribution in [3.05, 3.63) is 65.7 Å². The molecule has 5 heteroatoms. The predicted molar refractivity (Wildman–Crippen MR) is 79.6 cm³/mol. The van der Waals surface area contributed by atoms with Gasteiger partial charge in [0.2, 0.25) is 10.0 Å². The molecule has 0 fully saturated rings. The van der Waals surface area contributed by atoms with Crippen molar-refractivity contribution in [3.63, 3.8) is 0 Å².